The molecule has 2 aromatic rings. The van der Waals surface area contributed by atoms with Gasteiger partial charge < -0.3 is 0 Å². The van der Waals surface area contributed by atoms with Gasteiger partial charge in [0.25, 0.3) is 0 Å². The van der Waals surface area contributed by atoms with Gasteiger partial charge in [-0.25, -0.2) is 0 Å². The number of rotatable bonds is 2. The van der Waals surface area contributed by atoms with Crippen LogP contribution in [0.5, 0.6) is 0 Å². The molecular weight excluding hydrogens is 314 g/mol. The summed E-state index contributed by atoms with van der Waals surface area (Å²) in [5.74, 6) is -0.0956. The number of hydrogen-bond acceptors (Lipinski definition) is 5. The number of amides is 1. The summed E-state index contributed by atoms with van der Waals surface area (Å²) in [4.78, 5) is 16.1. The van der Waals surface area contributed by atoms with E-state index >= 15 is 0 Å². The summed E-state index contributed by atoms with van der Waals surface area (Å²) < 4.78 is 0. The van der Waals surface area contributed by atoms with Gasteiger partial charge in [0.1, 0.15) is 5.40 Å². The molecule has 6 heteroatoms. The lowest BCUT2D eigenvalue weighted by molar-refractivity contribution is -0.115. The molecule has 2 aromatic carbocycles. The standard InChI is InChI=1S/C16H9N3OS2/c17-8-11-5-6-15-13(7-11)19(16(20)9-21-10-18)12-3-1-2-4-14(12)22-15/h1-7H,9H2. The molecule has 0 aromatic heterocycles. The molecule has 0 atom stereocenters. The molecule has 1 aliphatic rings. The van der Waals surface area contributed by atoms with Crippen LogP contribution in [0.4, 0.5) is 11.4 Å². The predicted molar refractivity (Wildman–Crippen MR) is 86.9 cm³/mol. The van der Waals surface area contributed by atoms with Crippen molar-refractivity contribution in [2.45, 2.75) is 9.79 Å². The zero-order chi connectivity index (χ0) is 15.5. The second kappa shape index (κ2) is 6.15. The minimum atomic E-state index is -0.171. The number of nitrogens with zero attached hydrogens (tertiary/aromatic N) is 3. The molecule has 1 amide bonds. The highest BCUT2D eigenvalue weighted by atomic mass is 32.2. The van der Waals surface area contributed by atoms with Gasteiger partial charge in [-0.2, -0.15) is 10.5 Å². The van der Waals surface area contributed by atoms with Gasteiger partial charge in [0.2, 0.25) is 5.91 Å². The Morgan fingerprint density at radius 2 is 1.91 bits per heavy atom. The minimum Gasteiger partial charge on any atom is -0.278 e. The van der Waals surface area contributed by atoms with Crippen molar-refractivity contribution in [2.75, 3.05) is 10.7 Å². The van der Waals surface area contributed by atoms with Crippen LogP contribution in [0, 0.1) is 22.0 Å². The summed E-state index contributed by atoms with van der Waals surface area (Å²) in [6.45, 7) is 0. The van der Waals surface area contributed by atoms with E-state index < -0.39 is 0 Å². The summed E-state index contributed by atoms with van der Waals surface area (Å²) >= 11 is 2.48. The maximum Gasteiger partial charge on any atom is 0.242 e. The van der Waals surface area contributed by atoms with Crippen molar-refractivity contribution >= 4 is 40.8 Å². The summed E-state index contributed by atoms with van der Waals surface area (Å²) in [5, 5.41) is 19.7. The van der Waals surface area contributed by atoms with Crippen molar-refractivity contribution in [3.8, 4) is 11.5 Å². The third-order valence-electron chi connectivity index (χ3n) is 3.16. The summed E-state index contributed by atoms with van der Waals surface area (Å²) in [6.07, 6.45) is 0. The Morgan fingerprint density at radius 3 is 2.68 bits per heavy atom. The minimum absolute atomic E-state index is 0.0751. The quantitative estimate of drug-likeness (QED) is 0.784. The first-order valence-electron chi connectivity index (χ1n) is 6.39. The Labute approximate surface area is 136 Å². The molecule has 0 saturated carbocycles. The molecule has 0 fully saturated rings. The molecule has 4 nitrogen and oxygen atoms in total. The first-order valence-corrected chi connectivity index (χ1v) is 8.19. The second-order valence-electron chi connectivity index (χ2n) is 4.47. The molecule has 1 heterocycles. The SMILES string of the molecule is N#CSCC(=O)N1c2ccccc2Sc2ccc(C#N)cc21. The number of anilines is 2. The van der Waals surface area contributed by atoms with Crippen molar-refractivity contribution in [1.82, 2.24) is 0 Å². The summed E-state index contributed by atoms with van der Waals surface area (Å²) in [6, 6.07) is 15.0. The molecule has 0 saturated heterocycles. The van der Waals surface area contributed by atoms with Crippen molar-refractivity contribution in [3.05, 3.63) is 48.0 Å². The molecule has 0 unspecified atom stereocenters. The van der Waals surface area contributed by atoms with Crippen LogP contribution in [0.25, 0.3) is 0 Å². The van der Waals surface area contributed by atoms with Gasteiger partial charge in [-0.05, 0) is 42.1 Å². The lowest BCUT2D eigenvalue weighted by atomic mass is 10.1. The molecule has 22 heavy (non-hydrogen) atoms. The van der Waals surface area contributed by atoms with Gasteiger partial charge in [0.05, 0.1) is 28.8 Å². The van der Waals surface area contributed by atoms with Gasteiger partial charge in [-0.3, -0.25) is 9.69 Å². The van der Waals surface area contributed by atoms with Crippen molar-refractivity contribution < 1.29 is 4.79 Å². The van der Waals surface area contributed by atoms with Crippen LogP contribution in [0.1, 0.15) is 5.56 Å². The van der Waals surface area contributed by atoms with Crippen LogP contribution < -0.4 is 4.90 Å². The fraction of sp³-hybridized carbons (Fsp3) is 0.0625. The molecule has 0 N–H and O–H groups in total. The lowest BCUT2D eigenvalue weighted by Crippen LogP contribution is -2.30. The van der Waals surface area contributed by atoms with E-state index in [1.165, 1.54) is 0 Å². The van der Waals surface area contributed by atoms with Gasteiger partial charge in [-0.15, -0.1) is 0 Å². The first-order chi connectivity index (χ1) is 10.7. The van der Waals surface area contributed by atoms with Crippen LogP contribution >= 0.6 is 23.5 Å². The number of carbonyl (C=O) groups excluding carboxylic acids is 1. The monoisotopic (exact) mass is 323 g/mol. The van der Waals surface area contributed by atoms with E-state index in [4.69, 9.17) is 10.5 Å². The Kier molecular flexibility index (Phi) is 4.06. The number of thiocyanates is 1. The predicted octanol–water partition coefficient (Wildman–Crippen LogP) is 3.90. The van der Waals surface area contributed by atoms with E-state index in [1.54, 1.807) is 28.8 Å². The molecular formula is C16H9N3OS2. The molecule has 106 valence electrons. The summed E-state index contributed by atoms with van der Waals surface area (Å²) in [7, 11) is 0. The Morgan fingerprint density at radius 1 is 1.14 bits per heavy atom. The third kappa shape index (κ3) is 2.55. The van der Waals surface area contributed by atoms with Gasteiger partial charge in [0.15, 0.2) is 0 Å². The molecule has 0 spiro atoms. The number of fused-ring (bicyclic) bond motifs is 2. The largest absolute Gasteiger partial charge is 0.278 e. The molecule has 3 rings (SSSR count). The fourth-order valence-electron chi connectivity index (χ4n) is 2.25. The van der Waals surface area contributed by atoms with Crippen LogP contribution in [0.2, 0.25) is 0 Å². The second-order valence-corrected chi connectivity index (χ2v) is 6.32. The third-order valence-corrected chi connectivity index (χ3v) is 4.82. The topological polar surface area (TPSA) is 67.9 Å². The van der Waals surface area contributed by atoms with E-state index in [0.29, 0.717) is 11.3 Å². The van der Waals surface area contributed by atoms with E-state index in [1.807, 2.05) is 35.7 Å². The number of carbonyl (C=O) groups is 1. The fourth-order valence-corrected chi connectivity index (χ4v) is 3.61. The van der Waals surface area contributed by atoms with Crippen LogP contribution in [-0.2, 0) is 4.79 Å². The van der Waals surface area contributed by atoms with Crippen molar-refractivity contribution in [2.24, 2.45) is 0 Å². The van der Waals surface area contributed by atoms with E-state index in [2.05, 4.69) is 6.07 Å². The van der Waals surface area contributed by atoms with E-state index in [0.717, 1.165) is 27.2 Å². The van der Waals surface area contributed by atoms with E-state index in [9.17, 15) is 4.79 Å². The van der Waals surface area contributed by atoms with Crippen LogP contribution in [0.3, 0.4) is 0 Å². The van der Waals surface area contributed by atoms with Crippen LogP contribution in [0.15, 0.2) is 52.3 Å². The number of para-hydroxylation sites is 1. The average Bonchev–Trinajstić information content (AvgIpc) is 2.57. The summed E-state index contributed by atoms with van der Waals surface area (Å²) in [5.41, 5.74) is 1.99. The van der Waals surface area contributed by atoms with Crippen molar-refractivity contribution in [1.29, 1.82) is 10.5 Å². The first kappa shape index (κ1) is 14.5. The number of thioether (sulfide) groups is 1. The highest BCUT2D eigenvalue weighted by molar-refractivity contribution is 8.04. The molecule has 0 bridgehead atoms. The number of hydrogen-bond donors (Lipinski definition) is 0. The number of nitriles is 2. The normalized spacial score (nSPS) is 11.8. The Hall–Kier alpha value is -2.41. The van der Waals surface area contributed by atoms with Crippen LogP contribution in [-0.4, -0.2) is 11.7 Å². The van der Waals surface area contributed by atoms with Crippen molar-refractivity contribution in [3.63, 3.8) is 0 Å². The Balaban J connectivity index is 2.13. The average molecular weight is 323 g/mol. The highest BCUT2D eigenvalue weighted by Gasteiger charge is 2.28. The zero-order valence-electron chi connectivity index (χ0n) is 11.3. The maximum absolute atomic E-state index is 12.5. The van der Waals surface area contributed by atoms with Gasteiger partial charge in [0, 0.05) is 9.79 Å². The van der Waals surface area contributed by atoms with Gasteiger partial charge in [-0.1, -0.05) is 23.9 Å². The highest BCUT2D eigenvalue weighted by Crippen LogP contribution is 2.48. The lowest BCUT2D eigenvalue weighted by Gasteiger charge is -2.30. The molecule has 1 aliphatic heterocycles. The Bertz CT molecular complexity index is 836. The smallest absolute Gasteiger partial charge is 0.242 e. The molecule has 0 radical (unpaired) electrons. The zero-order valence-corrected chi connectivity index (χ0v) is 12.9. The van der Waals surface area contributed by atoms with Gasteiger partial charge >= 0.3 is 0 Å². The van der Waals surface area contributed by atoms with E-state index in [-0.39, 0.29) is 11.7 Å². The molecule has 0 aliphatic carbocycles. The maximum atomic E-state index is 12.5. The number of benzene rings is 2.